The molecule has 10 atom stereocenters. The van der Waals surface area contributed by atoms with Crippen LogP contribution in [0.5, 0.6) is 0 Å². The van der Waals surface area contributed by atoms with Crippen LogP contribution in [0.1, 0.15) is 127 Å². The van der Waals surface area contributed by atoms with Crippen LogP contribution in [-0.2, 0) is 0 Å². The van der Waals surface area contributed by atoms with Gasteiger partial charge in [0.2, 0.25) is 0 Å². The third kappa shape index (κ3) is 2.73. The SMILES string of the molecule is C[C@@H]1CC(C)(C)[C@@H]2CC[C@]3(C)[C@H](CC[C@@H]4[C@@]5(C)CC[C@H](O)C(C)(C)[C@@H]5CC[C@]43C)[C@@]2(C)C1. The normalized spacial score (nSPS) is 58.7. The molecule has 1 heteroatoms. The van der Waals surface area contributed by atoms with Gasteiger partial charge in [0, 0.05) is 0 Å². The van der Waals surface area contributed by atoms with E-state index in [0.717, 1.165) is 30.1 Å². The van der Waals surface area contributed by atoms with Crippen LogP contribution in [-0.4, -0.2) is 11.2 Å². The Bertz CT molecular complexity index is 766. The van der Waals surface area contributed by atoms with Crippen LogP contribution in [0.3, 0.4) is 0 Å². The number of rotatable bonds is 0. The van der Waals surface area contributed by atoms with Crippen LogP contribution in [0.2, 0.25) is 0 Å². The minimum absolute atomic E-state index is 0.0680. The molecule has 0 aromatic rings. The van der Waals surface area contributed by atoms with Crippen LogP contribution < -0.4 is 0 Å². The summed E-state index contributed by atoms with van der Waals surface area (Å²) in [7, 11) is 0. The van der Waals surface area contributed by atoms with Gasteiger partial charge in [-0.3, -0.25) is 0 Å². The van der Waals surface area contributed by atoms with Crippen LogP contribution >= 0.6 is 0 Å². The Kier molecular flexibility index (Phi) is 5.03. The molecule has 0 spiro atoms. The average molecular weight is 443 g/mol. The highest BCUT2D eigenvalue weighted by Crippen LogP contribution is 2.78. The van der Waals surface area contributed by atoms with Gasteiger partial charge in [0.15, 0.2) is 0 Å². The minimum Gasteiger partial charge on any atom is -0.393 e. The van der Waals surface area contributed by atoms with Crippen molar-refractivity contribution in [2.75, 3.05) is 0 Å². The standard InChI is InChI=1S/C31H54O/c1-20-18-26(2,3)21-12-16-31(9)24(29(21,7)19-20)11-10-23-28(6)15-14-25(32)27(4,5)22(28)13-17-30(23,31)8/h20-25,32H,10-19H2,1-9H3/t20-,21+,22+,23-,24-,25+,28+,29+,30-,31-/m1/s1. The second kappa shape index (κ2) is 6.79. The molecule has 184 valence electrons. The van der Waals surface area contributed by atoms with Crippen molar-refractivity contribution in [3.63, 3.8) is 0 Å². The third-order valence-corrected chi connectivity index (χ3v) is 14.0. The molecule has 5 saturated carbocycles. The van der Waals surface area contributed by atoms with E-state index >= 15 is 0 Å². The van der Waals surface area contributed by atoms with Crippen LogP contribution in [0, 0.1) is 62.1 Å². The van der Waals surface area contributed by atoms with Gasteiger partial charge in [-0.1, -0.05) is 62.3 Å². The fourth-order valence-corrected chi connectivity index (χ4v) is 12.9. The van der Waals surface area contributed by atoms with Crippen molar-refractivity contribution in [3.8, 4) is 0 Å². The van der Waals surface area contributed by atoms with Crippen molar-refractivity contribution < 1.29 is 5.11 Å². The molecule has 0 saturated heterocycles. The van der Waals surface area contributed by atoms with Crippen LogP contribution in [0.4, 0.5) is 0 Å². The van der Waals surface area contributed by atoms with E-state index in [1.165, 1.54) is 57.8 Å². The Morgan fingerprint density at radius 2 is 1.09 bits per heavy atom. The predicted molar refractivity (Wildman–Crippen MR) is 135 cm³/mol. The number of hydrogen-bond donors (Lipinski definition) is 1. The van der Waals surface area contributed by atoms with Crippen molar-refractivity contribution in [2.24, 2.45) is 62.1 Å². The lowest BCUT2D eigenvalue weighted by molar-refractivity contribution is -0.266. The maximum atomic E-state index is 10.9. The summed E-state index contributed by atoms with van der Waals surface area (Å²) < 4.78 is 0. The van der Waals surface area contributed by atoms with Gasteiger partial charge in [0.05, 0.1) is 6.10 Å². The molecule has 5 aliphatic rings. The van der Waals surface area contributed by atoms with Crippen LogP contribution in [0.25, 0.3) is 0 Å². The third-order valence-electron chi connectivity index (χ3n) is 14.0. The zero-order valence-corrected chi connectivity index (χ0v) is 23.0. The molecule has 0 unspecified atom stereocenters. The lowest BCUT2D eigenvalue weighted by Crippen LogP contribution is -2.68. The highest BCUT2D eigenvalue weighted by molar-refractivity contribution is 5.19. The van der Waals surface area contributed by atoms with Gasteiger partial charge < -0.3 is 5.11 Å². The molecule has 1 nitrogen and oxygen atoms in total. The predicted octanol–water partition coefficient (Wildman–Crippen LogP) is 8.49. The van der Waals surface area contributed by atoms with Crippen LogP contribution in [0.15, 0.2) is 0 Å². The number of aliphatic hydroxyl groups is 1. The summed E-state index contributed by atoms with van der Waals surface area (Å²) in [5.74, 6) is 4.17. The van der Waals surface area contributed by atoms with Crippen molar-refractivity contribution in [2.45, 2.75) is 133 Å². The first-order valence-electron chi connectivity index (χ1n) is 14.3. The number of hydrogen-bond acceptors (Lipinski definition) is 1. The second-order valence-electron chi connectivity index (χ2n) is 16.1. The van der Waals surface area contributed by atoms with E-state index in [1.807, 2.05) is 0 Å². The number of fused-ring (bicyclic) bond motifs is 7. The quantitative estimate of drug-likeness (QED) is 0.398. The summed E-state index contributed by atoms with van der Waals surface area (Å²) in [6.07, 6.45) is 13.5. The fourth-order valence-electron chi connectivity index (χ4n) is 12.9. The van der Waals surface area contributed by atoms with Crippen molar-refractivity contribution in [3.05, 3.63) is 0 Å². The van der Waals surface area contributed by atoms with Gasteiger partial charge in [-0.2, -0.15) is 0 Å². The summed E-state index contributed by atoms with van der Waals surface area (Å²) in [6, 6.07) is 0. The van der Waals surface area contributed by atoms with Gasteiger partial charge >= 0.3 is 0 Å². The molecule has 5 rings (SSSR count). The second-order valence-corrected chi connectivity index (χ2v) is 16.1. The molecule has 0 bridgehead atoms. The maximum Gasteiger partial charge on any atom is 0.0594 e. The average Bonchev–Trinajstić information content (AvgIpc) is 2.64. The molecule has 0 aromatic carbocycles. The van der Waals surface area contributed by atoms with E-state index < -0.39 is 0 Å². The molecule has 1 N–H and O–H groups in total. The van der Waals surface area contributed by atoms with E-state index in [0.29, 0.717) is 33.0 Å². The lowest BCUT2D eigenvalue weighted by Gasteiger charge is -2.75. The summed E-state index contributed by atoms with van der Waals surface area (Å²) in [5, 5.41) is 10.9. The molecule has 32 heavy (non-hydrogen) atoms. The summed E-state index contributed by atoms with van der Waals surface area (Å²) in [6.45, 7) is 23.4. The Morgan fingerprint density at radius 3 is 1.69 bits per heavy atom. The molecule has 0 aromatic heterocycles. The molecule has 5 fully saturated rings. The van der Waals surface area contributed by atoms with E-state index in [1.54, 1.807) is 0 Å². The van der Waals surface area contributed by atoms with E-state index in [-0.39, 0.29) is 11.5 Å². The smallest absolute Gasteiger partial charge is 0.0594 e. The van der Waals surface area contributed by atoms with Gasteiger partial charge in [0.25, 0.3) is 0 Å². The summed E-state index contributed by atoms with van der Waals surface area (Å²) in [4.78, 5) is 0. The Labute approximate surface area is 199 Å². The maximum absolute atomic E-state index is 10.9. The summed E-state index contributed by atoms with van der Waals surface area (Å²) in [5.41, 5.74) is 2.42. The van der Waals surface area contributed by atoms with Crippen molar-refractivity contribution >= 4 is 0 Å². The van der Waals surface area contributed by atoms with E-state index in [2.05, 4.69) is 62.3 Å². The molecular weight excluding hydrogens is 388 g/mol. The van der Waals surface area contributed by atoms with Gasteiger partial charge in [-0.25, -0.2) is 0 Å². The van der Waals surface area contributed by atoms with E-state index in [9.17, 15) is 5.11 Å². The van der Waals surface area contributed by atoms with Crippen molar-refractivity contribution in [1.82, 2.24) is 0 Å². The first-order chi connectivity index (χ1) is 14.6. The highest BCUT2D eigenvalue weighted by atomic mass is 16.3. The van der Waals surface area contributed by atoms with E-state index in [4.69, 9.17) is 0 Å². The monoisotopic (exact) mass is 442 g/mol. The zero-order valence-electron chi connectivity index (χ0n) is 23.0. The zero-order chi connectivity index (χ0) is 23.5. The van der Waals surface area contributed by atoms with Gasteiger partial charge in [0.1, 0.15) is 0 Å². The Balaban J connectivity index is 1.55. The molecular formula is C31H54O. The lowest BCUT2D eigenvalue weighted by atomic mass is 9.30. The fraction of sp³-hybridized carbons (Fsp3) is 1.00. The van der Waals surface area contributed by atoms with Gasteiger partial charge in [-0.15, -0.1) is 0 Å². The topological polar surface area (TPSA) is 20.2 Å². The summed E-state index contributed by atoms with van der Waals surface area (Å²) >= 11 is 0. The molecule has 0 amide bonds. The first-order valence-corrected chi connectivity index (χ1v) is 14.3. The molecule has 0 aliphatic heterocycles. The minimum atomic E-state index is -0.114. The Hall–Kier alpha value is -0.0400. The van der Waals surface area contributed by atoms with Gasteiger partial charge in [-0.05, 0) is 126 Å². The highest BCUT2D eigenvalue weighted by Gasteiger charge is 2.71. The molecule has 0 radical (unpaired) electrons. The van der Waals surface area contributed by atoms with Crippen molar-refractivity contribution in [1.29, 1.82) is 0 Å². The molecule has 5 aliphatic carbocycles. The molecule has 0 heterocycles. The Morgan fingerprint density at radius 1 is 0.562 bits per heavy atom. The largest absolute Gasteiger partial charge is 0.393 e. The number of aliphatic hydroxyl groups excluding tert-OH is 1. The first kappa shape index (κ1) is 23.7.